The molecular formula is C12H17NO2S. The maximum atomic E-state index is 11.8. The summed E-state index contributed by atoms with van der Waals surface area (Å²) in [5.74, 6) is 0.169. The Morgan fingerprint density at radius 2 is 2.06 bits per heavy atom. The van der Waals surface area contributed by atoms with Crippen LogP contribution in [0.1, 0.15) is 30.5 Å². The Morgan fingerprint density at radius 1 is 1.38 bits per heavy atom. The monoisotopic (exact) mass is 239 g/mol. The molecule has 0 radical (unpaired) electrons. The molecule has 0 spiro atoms. The van der Waals surface area contributed by atoms with Crippen LogP contribution in [-0.4, -0.2) is 25.5 Å². The van der Waals surface area contributed by atoms with Gasteiger partial charge in [0, 0.05) is 13.1 Å². The average Bonchev–Trinajstić information content (AvgIpc) is 2.71. The predicted molar refractivity (Wildman–Crippen MR) is 64.7 cm³/mol. The lowest BCUT2D eigenvalue weighted by Crippen LogP contribution is -2.31. The quantitative estimate of drug-likeness (QED) is 0.808. The molecule has 2 rings (SSSR count). The Hall–Kier alpha value is -0.870. The topological polar surface area (TPSA) is 37.4 Å². The van der Waals surface area contributed by atoms with Gasteiger partial charge in [0.25, 0.3) is 0 Å². The van der Waals surface area contributed by atoms with Gasteiger partial charge in [-0.3, -0.25) is 0 Å². The van der Waals surface area contributed by atoms with Gasteiger partial charge in [-0.25, -0.2) is 8.42 Å². The molecule has 1 aromatic carbocycles. The molecule has 1 aliphatic rings. The summed E-state index contributed by atoms with van der Waals surface area (Å²) < 4.78 is 25.2. The lowest BCUT2D eigenvalue weighted by Gasteiger charge is -2.24. The van der Waals surface area contributed by atoms with Gasteiger partial charge in [0.05, 0.1) is 5.75 Å². The molecule has 0 saturated heterocycles. The Balaban J connectivity index is 2.33. The van der Waals surface area contributed by atoms with Gasteiger partial charge in [0.15, 0.2) is 0 Å². The molecule has 0 bridgehead atoms. The van der Waals surface area contributed by atoms with Crippen molar-refractivity contribution in [1.29, 1.82) is 0 Å². The largest absolute Gasteiger partial charge is 0.214 e. The molecule has 1 atom stereocenters. The van der Waals surface area contributed by atoms with E-state index in [4.69, 9.17) is 0 Å². The van der Waals surface area contributed by atoms with Gasteiger partial charge in [0.1, 0.15) is 0 Å². The van der Waals surface area contributed by atoms with E-state index in [2.05, 4.69) is 6.07 Å². The zero-order valence-corrected chi connectivity index (χ0v) is 10.5. The van der Waals surface area contributed by atoms with Crippen molar-refractivity contribution in [2.45, 2.75) is 25.8 Å². The first-order valence-corrected chi connectivity index (χ1v) is 7.20. The van der Waals surface area contributed by atoms with Gasteiger partial charge in [0.2, 0.25) is 10.0 Å². The van der Waals surface area contributed by atoms with Crippen LogP contribution in [0.4, 0.5) is 0 Å². The highest BCUT2D eigenvalue weighted by molar-refractivity contribution is 7.89. The van der Waals surface area contributed by atoms with Gasteiger partial charge >= 0.3 is 0 Å². The van der Waals surface area contributed by atoms with E-state index in [0.29, 0.717) is 0 Å². The van der Waals surface area contributed by atoms with Crippen molar-refractivity contribution < 1.29 is 8.42 Å². The highest BCUT2D eigenvalue weighted by Crippen LogP contribution is 2.35. The Labute approximate surface area is 97.1 Å². The lowest BCUT2D eigenvalue weighted by atomic mass is 10.1. The van der Waals surface area contributed by atoms with Crippen molar-refractivity contribution in [2.75, 3.05) is 12.8 Å². The molecule has 0 unspecified atom stereocenters. The van der Waals surface area contributed by atoms with E-state index in [1.54, 1.807) is 14.0 Å². The first kappa shape index (κ1) is 11.6. The summed E-state index contributed by atoms with van der Waals surface area (Å²) in [7, 11) is -1.40. The van der Waals surface area contributed by atoms with Crippen molar-refractivity contribution >= 4 is 10.0 Å². The molecule has 0 fully saturated rings. The number of sulfonamides is 1. The normalized spacial score (nSPS) is 20.1. The van der Waals surface area contributed by atoms with E-state index in [9.17, 15) is 8.42 Å². The van der Waals surface area contributed by atoms with Crippen LogP contribution >= 0.6 is 0 Å². The highest BCUT2D eigenvalue weighted by atomic mass is 32.2. The molecule has 4 heteroatoms. The number of rotatable bonds is 3. The van der Waals surface area contributed by atoms with Crippen molar-refractivity contribution in [1.82, 2.24) is 4.31 Å². The average molecular weight is 239 g/mol. The molecule has 3 nitrogen and oxygen atoms in total. The van der Waals surface area contributed by atoms with E-state index in [0.717, 1.165) is 12.8 Å². The fourth-order valence-corrected chi connectivity index (χ4v) is 3.32. The summed E-state index contributed by atoms with van der Waals surface area (Å²) in [4.78, 5) is 0. The highest BCUT2D eigenvalue weighted by Gasteiger charge is 2.31. The number of hydrogen-bond acceptors (Lipinski definition) is 2. The van der Waals surface area contributed by atoms with Gasteiger partial charge in [-0.1, -0.05) is 24.3 Å². The molecule has 16 heavy (non-hydrogen) atoms. The maximum absolute atomic E-state index is 11.8. The smallest absolute Gasteiger partial charge is 0.212 e. The fourth-order valence-electron chi connectivity index (χ4n) is 2.31. The van der Waals surface area contributed by atoms with Gasteiger partial charge < -0.3 is 0 Å². The molecule has 0 heterocycles. The van der Waals surface area contributed by atoms with Crippen LogP contribution in [0.5, 0.6) is 0 Å². The molecule has 0 saturated carbocycles. The predicted octanol–water partition coefficient (Wildman–Crippen LogP) is 1.96. The minimum atomic E-state index is -3.09. The molecule has 1 aromatic rings. The SMILES string of the molecule is CCS(=O)(=O)N(C)[C@@H]1CCc2ccccc21. The van der Waals surface area contributed by atoms with E-state index >= 15 is 0 Å². The molecule has 1 aliphatic carbocycles. The zero-order chi connectivity index (χ0) is 11.8. The lowest BCUT2D eigenvalue weighted by molar-refractivity contribution is 0.375. The number of benzene rings is 1. The third-order valence-corrected chi connectivity index (χ3v) is 5.21. The molecule has 0 aromatic heterocycles. The van der Waals surface area contributed by atoms with Crippen LogP contribution in [0.25, 0.3) is 0 Å². The van der Waals surface area contributed by atoms with E-state index in [1.807, 2.05) is 18.2 Å². The number of nitrogens with zero attached hydrogens (tertiary/aromatic N) is 1. The van der Waals surface area contributed by atoms with Crippen LogP contribution in [-0.2, 0) is 16.4 Å². The Bertz CT molecular complexity index is 482. The van der Waals surface area contributed by atoms with Gasteiger partial charge in [-0.2, -0.15) is 4.31 Å². The number of aryl methyl sites for hydroxylation is 1. The van der Waals surface area contributed by atoms with Crippen molar-refractivity contribution in [3.05, 3.63) is 35.4 Å². The third-order valence-electron chi connectivity index (χ3n) is 3.34. The molecule has 0 amide bonds. The van der Waals surface area contributed by atoms with Crippen LogP contribution in [0.15, 0.2) is 24.3 Å². The van der Waals surface area contributed by atoms with Gasteiger partial charge in [-0.05, 0) is 30.9 Å². The maximum Gasteiger partial charge on any atom is 0.214 e. The minimum absolute atomic E-state index is 0.0288. The van der Waals surface area contributed by atoms with E-state index < -0.39 is 10.0 Å². The van der Waals surface area contributed by atoms with E-state index in [-0.39, 0.29) is 11.8 Å². The molecular weight excluding hydrogens is 222 g/mol. The van der Waals surface area contributed by atoms with E-state index in [1.165, 1.54) is 15.4 Å². The summed E-state index contributed by atoms with van der Waals surface area (Å²) in [6, 6.07) is 8.14. The Kier molecular flexibility index (Phi) is 3.04. The second kappa shape index (κ2) is 4.18. The molecule has 0 N–H and O–H groups in total. The Morgan fingerprint density at radius 3 is 2.75 bits per heavy atom. The van der Waals surface area contributed by atoms with Crippen LogP contribution < -0.4 is 0 Å². The zero-order valence-electron chi connectivity index (χ0n) is 9.68. The first-order chi connectivity index (χ1) is 7.56. The number of fused-ring (bicyclic) bond motifs is 1. The van der Waals surface area contributed by atoms with Gasteiger partial charge in [-0.15, -0.1) is 0 Å². The third kappa shape index (κ3) is 1.87. The summed E-state index contributed by atoms with van der Waals surface area (Å²) >= 11 is 0. The van der Waals surface area contributed by atoms with Crippen molar-refractivity contribution in [3.8, 4) is 0 Å². The minimum Gasteiger partial charge on any atom is -0.212 e. The van der Waals surface area contributed by atoms with Crippen molar-refractivity contribution in [2.24, 2.45) is 0 Å². The molecule has 0 aliphatic heterocycles. The summed E-state index contributed by atoms with van der Waals surface area (Å²) in [6.07, 6.45) is 1.87. The standard InChI is InChI=1S/C12H17NO2S/c1-3-16(14,15)13(2)12-9-8-10-6-4-5-7-11(10)12/h4-7,12H,3,8-9H2,1-2H3/t12-/m1/s1. The summed E-state index contributed by atoms with van der Waals surface area (Å²) in [5.41, 5.74) is 2.45. The number of hydrogen-bond donors (Lipinski definition) is 0. The van der Waals surface area contributed by atoms with Crippen molar-refractivity contribution in [3.63, 3.8) is 0 Å². The summed E-state index contributed by atoms with van der Waals surface area (Å²) in [5, 5.41) is 0. The van der Waals surface area contributed by atoms with Crippen LogP contribution in [0.3, 0.4) is 0 Å². The molecule has 88 valence electrons. The second-order valence-corrected chi connectivity index (χ2v) is 6.49. The van der Waals surface area contributed by atoms with Crippen LogP contribution in [0, 0.1) is 0 Å². The second-order valence-electron chi connectivity index (χ2n) is 4.17. The summed E-state index contributed by atoms with van der Waals surface area (Å²) in [6.45, 7) is 1.69. The first-order valence-electron chi connectivity index (χ1n) is 5.59. The van der Waals surface area contributed by atoms with Crippen LogP contribution in [0.2, 0.25) is 0 Å². The fraction of sp³-hybridized carbons (Fsp3) is 0.500.